The van der Waals surface area contributed by atoms with Gasteiger partial charge in [-0.05, 0) is 44.7 Å². The maximum Gasteiger partial charge on any atom is 0.163 e. The van der Waals surface area contributed by atoms with Crippen LogP contribution >= 0.6 is 0 Å². The average Bonchev–Trinajstić information content (AvgIpc) is 2.82. The van der Waals surface area contributed by atoms with Gasteiger partial charge in [-0.1, -0.05) is 17.7 Å². The van der Waals surface area contributed by atoms with Crippen LogP contribution in [0, 0.1) is 13.8 Å². The lowest BCUT2D eigenvalue weighted by atomic mass is 9.98. The summed E-state index contributed by atoms with van der Waals surface area (Å²) >= 11 is 0. The second-order valence-corrected chi connectivity index (χ2v) is 4.92. The minimum Gasteiger partial charge on any atom is -0.378 e. The predicted octanol–water partition coefficient (Wildman–Crippen LogP) is 3.45. The molecule has 1 saturated heterocycles. The third kappa shape index (κ3) is 3.16. The van der Waals surface area contributed by atoms with E-state index in [-0.39, 0.29) is 5.78 Å². The molecule has 2 heteroatoms. The molecule has 0 saturated carbocycles. The van der Waals surface area contributed by atoms with Crippen LogP contribution in [0.2, 0.25) is 0 Å². The number of aryl methyl sites for hydroxylation is 2. The normalized spacial score (nSPS) is 19.5. The summed E-state index contributed by atoms with van der Waals surface area (Å²) in [6, 6.07) is 6.06. The van der Waals surface area contributed by atoms with Gasteiger partial charge in [-0.25, -0.2) is 0 Å². The number of ketones is 1. The van der Waals surface area contributed by atoms with Gasteiger partial charge in [0.2, 0.25) is 0 Å². The monoisotopic (exact) mass is 232 g/mol. The van der Waals surface area contributed by atoms with Crippen molar-refractivity contribution in [3.63, 3.8) is 0 Å². The summed E-state index contributed by atoms with van der Waals surface area (Å²) in [5, 5.41) is 0. The highest BCUT2D eigenvalue weighted by atomic mass is 16.5. The van der Waals surface area contributed by atoms with Crippen molar-refractivity contribution in [2.75, 3.05) is 6.61 Å². The number of carbonyl (C=O) groups excluding carboxylic acids is 1. The van der Waals surface area contributed by atoms with Gasteiger partial charge >= 0.3 is 0 Å². The van der Waals surface area contributed by atoms with Gasteiger partial charge in [-0.3, -0.25) is 4.79 Å². The highest BCUT2D eigenvalue weighted by Crippen LogP contribution is 2.19. The number of ether oxygens (including phenoxy) is 1. The summed E-state index contributed by atoms with van der Waals surface area (Å²) in [6.45, 7) is 4.89. The molecule has 0 aromatic heterocycles. The van der Waals surface area contributed by atoms with E-state index in [9.17, 15) is 4.79 Å². The van der Waals surface area contributed by atoms with Crippen LogP contribution in [0.15, 0.2) is 18.2 Å². The van der Waals surface area contributed by atoms with E-state index >= 15 is 0 Å². The Labute approximate surface area is 103 Å². The van der Waals surface area contributed by atoms with E-state index in [2.05, 4.69) is 0 Å². The lowest BCUT2D eigenvalue weighted by Gasteiger charge is -2.10. The zero-order chi connectivity index (χ0) is 12.3. The second-order valence-electron chi connectivity index (χ2n) is 4.92. The molecule has 92 valence electrons. The minimum atomic E-state index is 0.252. The van der Waals surface area contributed by atoms with Crippen LogP contribution in [0.1, 0.15) is 47.2 Å². The quantitative estimate of drug-likeness (QED) is 0.743. The Balaban J connectivity index is 1.96. The highest BCUT2D eigenvalue weighted by molar-refractivity contribution is 5.97. The third-order valence-corrected chi connectivity index (χ3v) is 3.41. The lowest BCUT2D eigenvalue weighted by Crippen LogP contribution is -2.09. The topological polar surface area (TPSA) is 26.3 Å². The highest BCUT2D eigenvalue weighted by Gasteiger charge is 2.17. The Bertz CT molecular complexity index is 403. The molecule has 17 heavy (non-hydrogen) atoms. The van der Waals surface area contributed by atoms with Crippen molar-refractivity contribution < 1.29 is 9.53 Å². The molecule has 1 atom stereocenters. The number of hydrogen-bond acceptors (Lipinski definition) is 2. The first-order valence-electron chi connectivity index (χ1n) is 6.39. The molecular formula is C15H20O2. The molecule has 1 fully saturated rings. The van der Waals surface area contributed by atoms with Gasteiger partial charge in [0.1, 0.15) is 0 Å². The Hall–Kier alpha value is -1.15. The lowest BCUT2D eigenvalue weighted by molar-refractivity contribution is 0.0859. The first kappa shape index (κ1) is 12.3. The Morgan fingerprint density at radius 2 is 2.24 bits per heavy atom. The van der Waals surface area contributed by atoms with E-state index in [4.69, 9.17) is 4.74 Å². The molecule has 0 spiro atoms. The Kier molecular flexibility index (Phi) is 3.95. The van der Waals surface area contributed by atoms with Gasteiger partial charge in [0.15, 0.2) is 5.78 Å². The molecule has 1 aromatic rings. The summed E-state index contributed by atoms with van der Waals surface area (Å²) in [5.41, 5.74) is 3.10. The van der Waals surface area contributed by atoms with Crippen LogP contribution < -0.4 is 0 Å². The summed E-state index contributed by atoms with van der Waals surface area (Å²) in [7, 11) is 0. The summed E-state index contributed by atoms with van der Waals surface area (Å²) in [5.74, 6) is 0.252. The fourth-order valence-corrected chi connectivity index (χ4v) is 2.34. The van der Waals surface area contributed by atoms with Gasteiger partial charge in [0.05, 0.1) is 6.10 Å². The molecule has 0 aliphatic carbocycles. The molecule has 0 bridgehead atoms. The van der Waals surface area contributed by atoms with Crippen molar-refractivity contribution in [2.24, 2.45) is 0 Å². The molecule has 1 aromatic carbocycles. The van der Waals surface area contributed by atoms with Crippen LogP contribution in [0.5, 0.6) is 0 Å². The maximum absolute atomic E-state index is 12.1. The predicted molar refractivity (Wildman–Crippen MR) is 68.5 cm³/mol. The second kappa shape index (κ2) is 5.46. The zero-order valence-corrected chi connectivity index (χ0v) is 10.7. The fraction of sp³-hybridized carbons (Fsp3) is 0.533. The molecule has 1 aliphatic rings. The summed E-state index contributed by atoms with van der Waals surface area (Å²) in [6.07, 6.45) is 4.04. The van der Waals surface area contributed by atoms with Gasteiger partial charge in [-0.2, -0.15) is 0 Å². The molecule has 1 unspecified atom stereocenters. The molecule has 0 amide bonds. The van der Waals surface area contributed by atoms with Crippen LogP contribution in [0.3, 0.4) is 0 Å². The summed E-state index contributed by atoms with van der Waals surface area (Å²) < 4.78 is 5.54. The molecule has 1 heterocycles. The number of carbonyl (C=O) groups is 1. The maximum atomic E-state index is 12.1. The molecule has 2 nitrogen and oxygen atoms in total. The number of rotatable bonds is 4. The van der Waals surface area contributed by atoms with E-state index in [1.54, 1.807) is 0 Å². The average molecular weight is 232 g/mol. The largest absolute Gasteiger partial charge is 0.378 e. The van der Waals surface area contributed by atoms with Crippen molar-refractivity contribution in [2.45, 2.75) is 45.6 Å². The van der Waals surface area contributed by atoms with Crippen molar-refractivity contribution in [1.82, 2.24) is 0 Å². The van der Waals surface area contributed by atoms with Gasteiger partial charge in [-0.15, -0.1) is 0 Å². The molecule has 0 N–H and O–H groups in total. The first-order valence-corrected chi connectivity index (χ1v) is 6.39. The fourth-order valence-electron chi connectivity index (χ4n) is 2.34. The van der Waals surface area contributed by atoms with Gasteiger partial charge in [0, 0.05) is 18.6 Å². The van der Waals surface area contributed by atoms with Crippen molar-refractivity contribution in [3.8, 4) is 0 Å². The molecular weight excluding hydrogens is 212 g/mol. The van der Waals surface area contributed by atoms with E-state index in [1.165, 1.54) is 0 Å². The number of hydrogen-bond donors (Lipinski definition) is 0. The van der Waals surface area contributed by atoms with Crippen molar-refractivity contribution in [1.29, 1.82) is 0 Å². The third-order valence-electron chi connectivity index (χ3n) is 3.41. The van der Waals surface area contributed by atoms with Gasteiger partial charge < -0.3 is 4.74 Å². The van der Waals surface area contributed by atoms with Crippen molar-refractivity contribution in [3.05, 3.63) is 34.9 Å². The SMILES string of the molecule is Cc1ccc(C)c(C(=O)CCC2CCCO2)c1. The Morgan fingerprint density at radius 1 is 1.41 bits per heavy atom. The van der Waals surface area contributed by atoms with E-state index < -0.39 is 0 Å². The van der Waals surface area contributed by atoms with E-state index in [0.717, 1.165) is 42.6 Å². The van der Waals surface area contributed by atoms with Crippen LogP contribution in [-0.2, 0) is 4.74 Å². The summed E-state index contributed by atoms with van der Waals surface area (Å²) in [4.78, 5) is 12.1. The standard InChI is InChI=1S/C15H20O2/c1-11-5-6-12(2)14(10-11)15(16)8-7-13-4-3-9-17-13/h5-6,10,13H,3-4,7-9H2,1-2H3. The number of benzene rings is 1. The zero-order valence-electron chi connectivity index (χ0n) is 10.7. The molecule has 0 radical (unpaired) electrons. The van der Waals surface area contributed by atoms with Crippen LogP contribution in [-0.4, -0.2) is 18.5 Å². The number of Topliss-reactive ketones (excluding diaryl/α,β-unsaturated/α-hetero) is 1. The molecule has 1 aliphatic heterocycles. The minimum absolute atomic E-state index is 0.252. The molecule has 2 rings (SSSR count). The van der Waals surface area contributed by atoms with E-state index in [0.29, 0.717) is 12.5 Å². The Morgan fingerprint density at radius 3 is 2.94 bits per heavy atom. The van der Waals surface area contributed by atoms with Crippen LogP contribution in [0.4, 0.5) is 0 Å². The smallest absolute Gasteiger partial charge is 0.163 e. The van der Waals surface area contributed by atoms with Gasteiger partial charge in [0.25, 0.3) is 0 Å². The van der Waals surface area contributed by atoms with E-state index in [1.807, 2.05) is 32.0 Å². The van der Waals surface area contributed by atoms with Crippen LogP contribution in [0.25, 0.3) is 0 Å². The first-order chi connectivity index (χ1) is 8.16. The van der Waals surface area contributed by atoms with Crippen molar-refractivity contribution >= 4 is 5.78 Å².